The smallest absolute Gasteiger partial charge is 0.261 e. The normalized spacial score (nSPS) is 12.7. The number of unbranched alkanes of at least 4 members (excludes halogenated alkanes) is 32. The Morgan fingerprint density at radius 3 is 0.868 bits per heavy atom. The molecule has 4 heterocycles. The van der Waals surface area contributed by atoms with Crippen LogP contribution in [0.15, 0.2) is 53.6 Å². The molecule has 0 aliphatic rings. The lowest BCUT2D eigenvalue weighted by Crippen LogP contribution is -2.28. The van der Waals surface area contributed by atoms with Crippen molar-refractivity contribution < 1.29 is 0 Å². The van der Waals surface area contributed by atoms with Crippen LogP contribution in [0.2, 0.25) is 0 Å². The summed E-state index contributed by atoms with van der Waals surface area (Å²) in [6.07, 6.45) is 51.8. The van der Waals surface area contributed by atoms with E-state index in [1.807, 2.05) is 21.3 Å². The van der Waals surface area contributed by atoms with Gasteiger partial charge in [-0.3, -0.25) is 18.7 Å². The highest BCUT2D eigenvalue weighted by atomic mass is 79.9. The lowest BCUT2D eigenvalue weighted by molar-refractivity contribution is 0.353. The van der Waals surface area contributed by atoms with Crippen molar-refractivity contribution in [3.05, 3.63) is 64.7 Å². The van der Waals surface area contributed by atoms with Gasteiger partial charge in [-0.25, -0.2) is 9.97 Å². The second-order valence-corrected chi connectivity index (χ2v) is 27.9. The van der Waals surface area contributed by atoms with Crippen molar-refractivity contribution in [3.63, 3.8) is 0 Å². The molecule has 76 heavy (non-hydrogen) atoms. The van der Waals surface area contributed by atoms with E-state index >= 15 is 9.59 Å². The summed E-state index contributed by atoms with van der Waals surface area (Å²) >= 11 is 10.7. The maximum atomic E-state index is 15.3. The molecule has 4 aromatic heterocycles. The SMILES string of the molecule is CCCCCCCCCCCCC(CCCCCCCCCC)Cn1c(-c2ccc(Br)s2)nc2cc3c(=O)n(CC(CCCCCCCCCC)CCCCCCCCCCCC)c(-c4ccc(Br)s4)nc3cc2c1=O. The van der Waals surface area contributed by atoms with Crippen molar-refractivity contribution >= 4 is 76.3 Å². The minimum absolute atomic E-state index is 0.0243. The number of halogens is 2. The molecule has 0 saturated heterocycles. The van der Waals surface area contributed by atoms with Gasteiger partial charge in [0.05, 0.1) is 39.1 Å². The molecule has 0 N–H and O–H groups in total. The fourth-order valence-electron chi connectivity index (χ4n) is 11.7. The molecule has 0 spiro atoms. The van der Waals surface area contributed by atoms with Crippen LogP contribution in [0.5, 0.6) is 0 Å². The first kappa shape index (κ1) is 64.7. The number of nitrogens with zero attached hydrogens (tertiary/aromatic N) is 4. The molecule has 2 unspecified atom stereocenters. The summed E-state index contributed by atoms with van der Waals surface area (Å²) in [5.74, 6) is 2.21. The Morgan fingerprint density at radius 2 is 0.632 bits per heavy atom. The predicted molar refractivity (Wildman–Crippen MR) is 342 cm³/mol. The van der Waals surface area contributed by atoms with Crippen molar-refractivity contribution in [2.45, 2.75) is 298 Å². The van der Waals surface area contributed by atoms with E-state index in [1.165, 1.54) is 231 Å². The van der Waals surface area contributed by atoms with Crippen molar-refractivity contribution in [3.8, 4) is 21.4 Å². The Labute approximate surface area is 487 Å². The molecule has 426 valence electrons. The second-order valence-electron chi connectivity index (χ2n) is 23.0. The summed E-state index contributed by atoms with van der Waals surface area (Å²) in [7, 11) is 0. The predicted octanol–water partition coefficient (Wildman–Crippen LogP) is 23.0. The van der Waals surface area contributed by atoms with Crippen LogP contribution >= 0.6 is 54.5 Å². The van der Waals surface area contributed by atoms with Crippen molar-refractivity contribution in [1.29, 1.82) is 0 Å². The van der Waals surface area contributed by atoms with Gasteiger partial charge in [0.1, 0.15) is 0 Å². The maximum absolute atomic E-state index is 15.3. The highest BCUT2D eigenvalue weighted by Gasteiger charge is 2.23. The third kappa shape index (κ3) is 23.5. The molecule has 0 aliphatic heterocycles. The quantitative estimate of drug-likeness (QED) is 0.0288. The number of benzene rings is 1. The van der Waals surface area contributed by atoms with Crippen molar-refractivity contribution in [2.24, 2.45) is 11.8 Å². The van der Waals surface area contributed by atoms with Gasteiger partial charge in [-0.2, -0.15) is 0 Å². The van der Waals surface area contributed by atoms with E-state index in [-0.39, 0.29) is 11.1 Å². The van der Waals surface area contributed by atoms with Gasteiger partial charge in [0.2, 0.25) is 0 Å². The van der Waals surface area contributed by atoms with Gasteiger partial charge in [-0.1, -0.05) is 259 Å². The molecule has 0 amide bonds. The fraction of sp³-hybridized carbons (Fsp3) is 0.727. The molecular formula is C66H104Br2N4O2S2. The Balaban J connectivity index is 1.44. The summed E-state index contributed by atoms with van der Waals surface area (Å²) in [6.45, 7) is 10.5. The summed E-state index contributed by atoms with van der Waals surface area (Å²) < 4.78 is 6.03. The molecule has 1 aromatic carbocycles. The van der Waals surface area contributed by atoms with Crippen LogP contribution in [-0.4, -0.2) is 19.1 Å². The Bertz CT molecular complexity index is 2270. The van der Waals surface area contributed by atoms with Gasteiger partial charge >= 0.3 is 0 Å². The molecule has 0 aliphatic carbocycles. The molecule has 5 rings (SSSR count). The Hall–Kier alpha value is -2.14. The number of aromatic nitrogens is 4. The van der Waals surface area contributed by atoms with E-state index in [4.69, 9.17) is 9.97 Å². The van der Waals surface area contributed by atoms with Crippen LogP contribution in [0.3, 0.4) is 0 Å². The van der Waals surface area contributed by atoms with E-state index in [1.54, 1.807) is 22.7 Å². The monoisotopic (exact) mass is 1210 g/mol. The first-order valence-corrected chi connectivity index (χ1v) is 35.0. The molecule has 0 bridgehead atoms. The third-order valence-corrected chi connectivity index (χ3v) is 19.6. The van der Waals surface area contributed by atoms with Crippen LogP contribution in [0, 0.1) is 11.8 Å². The van der Waals surface area contributed by atoms with E-state index < -0.39 is 0 Å². The third-order valence-electron chi connectivity index (χ3n) is 16.4. The van der Waals surface area contributed by atoms with Crippen LogP contribution in [0.25, 0.3) is 43.2 Å². The molecule has 0 saturated carbocycles. The van der Waals surface area contributed by atoms with Gasteiger partial charge in [0.25, 0.3) is 11.1 Å². The molecule has 0 radical (unpaired) electrons. The van der Waals surface area contributed by atoms with Gasteiger partial charge in [0.15, 0.2) is 11.6 Å². The first-order chi connectivity index (χ1) is 37.3. The molecule has 5 aromatic rings. The van der Waals surface area contributed by atoms with Crippen LogP contribution < -0.4 is 11.1 Å². The van der Waals surface area contributed by atoms with E-state index in [9.17, 15) is 0 Å². The Morgan fingerprint density at radius 1 is 0.382 bits per heavy atom. The number of hydrogen-bond acceptors (Lipinski definition) is 6. The summed E-state index contributed by atoms with van der Waals surface area (Å²) in [5.41, 5.74) is 1.12. The maximum Gasteiger partial charge on any atom is 0.261 e. The highest BCUT2D eigenvalue weighted by Crippen LogP contribution is 2.35. The van der Waals surface area contributed by atoms with E-state index in [2.05, 4.69) is 83.8 Å². The molecular weight excluding hydrogens is 1100 g/mol. The van der Waals surface area contributed by atoms with Crippen LogP contribution in [0.4, 0.5) is 0 Å². The molecule has 6 nitrogen and oxygen atoms in total. The standard InChI is InChI=1S/C66H104Br2N4O2S2/c1-5-9-13-17-21-25-27-31-35-39-43-53(41-37-33-29-23-19-15-11-7-3)51-71-63(59-45-47-61(67)75-59)69-57-50-56-58(49-55(57)65(71)73)70-64(60-46-48-62(68)76-60)72(66(56)74)52-54(42-38-34-30-24-20-16-12-8-4)44-40-36-32-28-26-22-18-14-10-6-2/h45-50,53-54H,5-44,51-52H2,1-4H3. The van der Waals surface area contributed by atoms with Crippen LogP contribution in [0.1, 0.15) is 285 Å². The highest BCUT2D eigenvalue weighted by molar-refractivity contribution is 9.11. The number of thiophene rings is 2. The number of hydrogen-bond donors (Lipinski definition) is 0. The minimum Gasteiger partial charge on any atom is -0.291 e. The lowest BCUT2D eigenvalue weighted by atomic mass is 9.93. The topological polar surface area (TPSA) is 69.8 Å². The van der Waals surface area contributed by atoms with E-state index in [0.717, 1.165) is 43.0 Å². The first-order valence-electron chi connectivity index (χ1n) is 31.8. The number of rotatable bonds is 46. The Kier molecular flexibility index (Phi) is 33.4. The van der Waals surface area contributed by atoms with Gasteiger partial charge in [0, 0.05) is 13.1 Å². The summed E-state index contributed by atoms with van der Waals surface area (Å²) in [4.78, 5) is 43.2. The summed E-state index contributed by atoms with van der Waals surface area (Å²) in [6, 6.07) is 12.1. The zero-order chi connectivity index (χ0) is 54.0. The molecule has 0 fully saturated rings. The average Bonchev–Trinajstić information content (AvgIpc) is 4.07. The molecule has 10 heteroatoms. The lowest BCUT2D eigenvalue weighted by Gasteiger charge is -2.22. The largest absolute Gasteiger partial charge is 0.291 e. The average molecular weight is 1210 g/mol. The summed E-state index contributed by atoms with van der Waals surface area (Å²) in [5, 5.41) is 1.10. The van der Waals surface area contributed by atoms with Crippen LogP contribution in [-0.2, 0) is 13.1 Å². The number of fused-ring (bicyclic) bond motifs is 2. The minimum atomic E-state index is -0.0243. The van der Waals surface area contributed by atoms with Crippen molar-refractivity contribution in [2.75, 3.05) is 0 Å². The zero-order valence-corrected chi connectivity index (χ0v) is 53.3. The fourth-order valence-corrected chi connectivity index (χ4v) is 14.4. The van der Waals surface area contributed by atoms with Gasteiger partial charge < -0.3 is 0 Å². The van der Waals surface area contributed by atoms with Gasteiger partial charge in [-0.05, 0) is 106 Å². The van der Waals surface area contributed by atoms with Gasteiger partial charge in [-0.15, -0.1) is 22.7 Å². The molecule has 2 atom stereocenters. The second kappa shape index (κ2) is 39.3. The van der Waals surface area contributed by atoms with E-state index in [0.29, 0.717) is 58.4 Å². The zero-order valence-electron chi connectivity index (χ0n) is 48.5. The van der Waals surface area contributed by atoms with Crippen molar-refractivity contribution in [1.82, 2.24) is 19.1 Å².